The van der Waals surface area contributed by atoms with Gasteiger partial charge in [0.2, 0.25) is 11.1 Å². The molecule has 0 aliphatic carbocycles. The Morgan fingerprint density at radius 2 is 1.69 bits per heavy atom. The van der Waals surface area contributed by atoms with Gasteiger partial charge in [-0.1, -0.05) is 42.1 Å². The fourth-order valence-corrected chi connectivity index (χ4v) is 4.26. The predicted molar refractivity (Wildman–Crippen MR) is 138 cm³/mol. The summed E-state index contributed by atoms with van der Waals surface area (Å²) in [4.78, 5) is 12.7. The molecule has 2 heterocycles. The van der Waals surface area contributed by atoms with Gasteiger partial charge in [0.25, 0.3) is 0 Å². The van der Waals surface area contributed by atoms with E-state index < -0.39 is 0 Å². The molecule has 5 rings (SSSR count). The number of tetrazole rings is 1. The van der Waals surface area contributed by atoms with Crippen molar-refractivity contribution < 1.29 is 9.53 Å². The van der Waals surface area contributed by atoms with Gasteiger partial charge in [-0.3, -0.25) is 4.79 Å². The molecule has 2 aromatic heterocycles. The molecule has 0 fully saturated rings. The lowest BCUT2D eigenvalue weighted by atomic mass is 10.1. The van der Waals surface area contributed by atoms with Crippen molar-refractivity contribution in [2.45, 2.75) is 19.0 Å². The highest BCUT2D eigenvalue weighted by molar-refractivity contribution is 7.99. The number of nitrogens with one attached hydrogen (secondary N) is 1. The average molecular weight is 498 g/mol. The number of carbonyl (C=O) groups is 1. The van der Waals surface area contributed by atoms with E-state index >= 15 is 0 Å². The minimum absolute atomic E-state index is 0.139. The molecule has 1 N–H and O–H groups in total. The SMILES string of the molecule is Cc1cccc(-n2nnnc2SCC(=O)Nc2ccnn2-c2ccc(Oc3ccccc3)cc2)c1C. The summed E-state index contributed by atoms with van der Waals surface area (Å²) in [7, 11) is 0. The maximum absolute atomic E-state index is 12.7. The molecule has 3 aromatic carbocycles. The van der Waals surface area contributed by atoms with E-state index in [0.29, 0.717) is 16.7 Å². The van der Waals surface area contributed by atoms with E-state index in [2.05, 4.69) is 25.9 Å². The van der Waals surface area contributed by atoms with E-state index in [1.807, 2.05) is 86.6 Å². The first-order chi connectivity index (χ1) is 17.6. The number of ether oxygens (including phenoxy) is 1. The van der Waals surface area contributed by atoms with Gasteiger partial charge in [-0.25, -0.2) is 4.68 Å². The second-order valence-corrected chi connectivity index (χ2v) is 8.91. The third-order valence-corrected chi connectivity index (χ3v) is 6.47. The van der Waals surface area contributed by atoms with Crippen LogP contribution >= 0.6 is 11.8 Å². The molecule has 1 amide bonds. The number of nitrogens with zero attached hydrogens (tertiary/aromatic N) is 6. The summed E-state index contributed by atoms with van der Waals surface area (Å²) in [6.07, 6.45) is 1.64. The molecule has 0 saturated heterocycles. The summed E-state index contributed by atoms with van der Waals surface area (Å²) < 4.78 is 9.17. The molecule has 0 bridgehead atoms. The van der Waals surface area contributed by atoms with Gasteiger partial charge in [0.1, 0.15) is 17.3 Å². The zero-order valence-corrected chi connectivity index (χ0v) is 20.5. The molecule has 180 valence electrons. The van der Waals surface area contributed by atoms with E-state index in [0.717, 1.165) is 28.3 Å². The maximum atomic E-state index is 12.7. The summed E-state index contributed by atoms with van der Waals surface area (Å²) in [6.45, 7) is 4.06. The third kappa shape index (κ3) is 5.13. The monoisotopic (exact) mass is 497 g/mol. The van der Waals surface area contributed by atoms with Crippen molar-refractivity contribution in [3.8, 4) is 22.9 Å². The van der Waals surface area contributed by atoms with Crippen LogP contribution in [0.1, 0.15) is 11.1 Å². The van der Waals surface area contributed by atoms with Crippen LogP contribution in [0.3, 0.4) is 0 Å². The Morgan fingerprint density at radius 3 is 2.50 bits per heavy atom. The lowest BCUT2D eigenvalue weighted by Crippen LogP contribution is -2.17. The molecule has 0 spiro atoms. The van der Waals surface area contributed by atoms with Crippen molar-refractivity contribution >= 4 is 23.5 Å². The van der Waals surface area contributed by atoms with Crippen LogP contribution < -0.4 is 10.1 Å². The number of hydrogen-bond donors (Lipinski definition) is 1. The number of hydrogen-bond acceptors (Lipinski definition) is 7. The van der Waals surface area contributed by atoms with Gasteiger partial charge in [-0.05, 0) is 77.9 Å². The second kappa shape index (κ2) is 10.4. The van der Waals surface area contributed by atoms with E-state index in [4.69, 9.17) is 4.74 Å². The highest BCUT2D eigenvalue weighted by Crippen LogP contribution is 2.25. The molecule has 5 aromatic rings. The third-order valence-electron chi connectivity index (χ3n) is 5.55. The number of aryl methyl sites for hydroxylation is 1. The van der Waals surface area contributed by atoms with Gasteiger partial charge in [-0.15, -0.1) is 5.10 Å². The molecule has 9 nitrogen and oxygen atoms in total. The Balaban J connectivity index is 1.23. The Bertz CT molecular complexity index is 1480. The Hall–Kier alpha value is -4.44. The van der Waals surface area contributed by atoms with Gasteiger partial charge < -0.3 is 10.1 Å². The van der Waals surface area contributed by atoms with Crippen LogP contribution in [0.5, 0.6) is 11.5 Å². The van der Waals surface area contributed by atoms with E-state index in [1.54, 1.807) is 21.6 Å². The molecule has 0 atom stereocenters. The minimum Gasteiger partial charge on any atom is -0.457 e. The van der Waals surface area contributed by atoms with Crippen LogP contribution in [0.15, 0.2) is 90.2 Å². The van der Waals surface area contributed by atoms with Crippen molar-refractivity contribution in [2.24, 2.45) is 0 Å². The fourth-order valence-electron chi connectivity index (χ4n) is 3.58. The van der Waals surface area contributed by atoms with Gasteiger partial charge in [0.15, 0.2) is 0 Å². The quantitative estimate of drug-likeness (QED) is 0.302. The number of rotatable bonds is 8. The summed E-state index contributed by atoms with van der Waals surface area (Å²) in [5, 5.41) is 19.8. The first-order valence-electron chi connectivity index (χ1n) is 11.2. The standard InChI is InChI=1S/C26H23N7O2S/c1-18-7-6-10-23(19(18)2)33-26(29-30-31-33)36-17-25(34)28-24-15-16-27-32(24)20-11-13-22(14-12-20)35-21-8-4-3-5-9-21/h3-16H,17H2,1-2H3,(H,28,34). The number of aromatic nitrogens is 6. The van der Waals surface area contributed by atoms with Crippen LogP contribution in [-0.4, -0.2) is 41.6 Å². The minimum atomic E-state index is -0.193. The smallest absolute Gasteiger partial charge is 0.236 e. The predicted octanol–water partition coefficient (Wildman–Crippen LogP) is 4.99. The van der Waals surface area contributed by atoms with Crippen LogP contribution in [-0.2, 0) is 4.79 Å². The second-order valence-electron chi connectivity index (χ2n) is 7.97. The van der Waals surface area contributed by atoms with E-state index in [-0.39, 0.29) is 11.7 Å². The highest BCUT2D eigenvalue weighted by atomic mass is 32.2. The van der Waals surface area contributed by atoms with Gasteiger partial charge >= 0.3 is 0 Å². The van der Waals surface area contributed by atoms with Crippen LogP contribution in [0.25, 0.3) is 11.4 Å². The molecule has 0 aliphatic rings. The molecule has 0 aliphatic heterocycles. The maximum Gasteiger partial charge on any atom is 0.236 e. The van der Waals surface area contributed by atoms with Crippen LogP contribution in [0, 0.1) is 13.8 Å². The number of benzene rings is 3. The Morgan fingerprint density at radius 1 is 0.917 bits per heavy atom. The summed E-state index contributed by atoms with van der Waals surface area (Å²) in [6, 6.07) is 24.8. The number of carbonyl (C=O) groups excluding carboxylic acids is 1. The molecule has 10 heteroatoms. The first kappa shape index (κ1) is 23.3. The summed E-state index contributed by atoms with van der Waals surface area (Å²) in [5.41, 5.74) is 3.91. The molecule has 0 radical (unpaired) electrons. The Kier molecular flexibility index (Phi) is 6.76. The summed E-state index contributed by atoms with van der Waals surface area (Å²) >= 11 is 1.27. The van der Waals surface area contributed by atoms with Gasteiger partial charge in [-0.2, -0.15) is 9.78 Å². The van der Waals surface area contributed by atoms with Crippen molar-refractivity contribution in [1.82, 2.24) is 30.0 Å². The van der Waals surface area contributed by atoms with E-state index in [9.17, 15) is 4.79 Å². The van der Waals surface area contributed by atoms with E-state index in [1.165, 1.54) is 11.8 Å². The van der Waals surface area contributed by atoms with Crippen molar-refractivity contribution in [1.29, 1.82) is 0 Å². The van der Waals surface area contributed by atoms with Crippen LogP contribution in [0.2, 0.25) is 0 Å². The highest BCUT2D eigenvalue weighted by Gasteiger charge is 2.15. The molecular formula is C26H23N7O2S. The molecule has 36 heavy (non-hydrogen) atoms. The van der Waals surface area contributed by atoms with Crippen molar-refractivity contribution in [3.05, 3.63) is 96.2 Å². The number of anilines is 1. The fraction of sp³-hybridized carbons (Fsp3) is 0.115. The molecular weight excluding hydrogens is 474 g/mol. The largest absolute Gasteiger partial charge is 0.457 e. The molecule has 0 saturated carbocycles. The Labute approximate surface area is 212 Å². The number of para-hydroxylation sites is 1. The number of thioether (sulfide) groups is 1. The van der Waals surface area contributed by atoms with Crippen molar-refractivity contribution in [2.75, 3.05) is 11.1 Å². The van der Waals surface area contributed by atoms with Gasteiger partial charge in [0.05, 0.1) is 23.3 Å². The van der Waals surface area contributed by atoms with Crippen molar-refractivity contribution in [3.63, 3.8) is 0 Å². The zero-order valence-electron chi connectivity index (χ0n) is 19.7. The van der Waals surface area contributed by atoms with Gasteiger partial charge in [0, 0.05) is 6.07 Å². The lowest BCUT2D eigenvalue weighted by molar-refractivity contribution is -0.113. The average Bonchev–Trinajstić information content (AvgIpc) is 3.55. The summed E-state index contributed by atoms with van der Waals surface area (Å²) in [5.74, 6) is 1.98. The zero-order chi connectivity index (χ0) is 24.9. The normalized spacial score (nSPS) is 10.8. The first-order valence-corrected chi connectivity index (χ1v) is 12.2. The lowest BCUT2D eigenvalue weighted by Gasteiger charge is -2.11. The molecule has 0 unspecified atom stereocenters. The van der Waals surface area contributed by atoms with Crippen LogP contribution in [0.4, 0.5) is 5.82 Å². The topological polar surface area (TPSA) is 99.8 Å². The number of amides is 1.